The summed E-state index contributed by atoms with van der Waals surface area (Å²) in [6.45, 7) is 4.40. The van der Waals surface area contributed by atoms with E-state index in [2.05, 4.69) is 5.32 Å². The van der Waals surface area contributed by atoms with Gasteiger partial charge in [0.2, 0.25) is 16.7 Å². The molecule has 0 unspecified atom stereocenters. The van der Waals surface area contributed by atoms with Crippen molar-refractivity contribution < 1.29 is 14.4 Å². The first-order chi connectivity index (χ1) is 16.9. The van der Waals surface area contributed by atoms with Gasteiger partial charge in [0, 0.05) is 17.8 Å². The van der Waals surface area contributed by atoms with Crippen molar-refractivity contribution in [2.75, 3.05) is 28.6 Å². The zero-order valence-electron chi connectivity index (χ0n) is 19.8. The largest absolute Gasteiger partial charge is 0.354 e. The van der Waals surface area contributed by atoms with E-state index >= 15 is 0 Å². The fraction of sp³-hybridized carbons (Fsp3) is 0.250. The van der Waals surface area contributed by atoms with E-state index in [4.69, 9.17) is 0 Å². The lowest BCUT2D eigenvalue weighted by Crippen LogP contribution is -2.51. The Kier molecular flexibility index (Phi) is 6.11. The highest BCUT2D eigenvalue weighted by Gasteiger charge is 2.61. The Hall–Kier alpha value is -3.58. The molecule has 1 N–H and O–H groups in total. The number of thioether (sulfide) groups is 1. The number of carbonyl (C=O) groups excluding carboxylic acids is 3. The predicted octanol–water partition coefficient (Wildman–Crippen LogP) is 3.94. The summed E-state index contributed by atoms with van der Waals surface area (Å²) in [4.78, 5) is 42.0. The maximum Gasteiger partial charge on any atom is 0.269 e. The Bertz CT molecular complexity index is 1310. The zero-order chi connectivity index (χ0) is 24.6. The number of hydrogen-bond donors (Lipinski definition) is 1. The van der Waals surface area contributed by atoms with Crippen molar-refractivity contribution in [1.29, 1.82) is 0 Å². The number of aryl methyl sites for hydroxylation is 2. The Morgan fingerprint density at radius 2 is 1.71 bits per heavy atom. The molecule has 1 spiro atoms. The Balaban J connectivity index is 1.42. The summed E-state index contributed by atoms with van der Waals surface area (Å²) in [6.07, 6.45) is 0.714. The fourth-order valence-electron chi connectivity index (χ4n) is 4.77. The number of fused-ring (bicyclic) bond motifs is 2. The third-order valence-corrected chi connectivity index (χ3v) is 8.08. The molecule has 178 valence electrons. The monoisotopic (exact) mass is 485 g/mol. The quantitative estimate of drug-likeness (QED) is 0.574. The smallest absolute Gasteiger partial charge is 0.269 e. The van der Waals surface area contributed by atoms with Gasteiger partial charge >= 0.3 is 0 Å². The van der Waals surface area contributed by atoms with Gasteiger partial charge in [-0.15, -0.1) is 11.8 Å². The summed E-state index contributed by atoms with van der Waals surface area (Å²) in [5.74, 6) is -0.404. The lowest BCUT2D eigenvalue weighted by Gasteiger charge is -2.33. The molecular formula is C28H27N3O3S. The lowest BCUT2D eigenvalue weighted by molar-refractivity contribution is -0.125. The standard InChI is InChI=1S/C28H27N3O3S/c1-19-12-13-22(16-20(19)2)31-26(33)18-35-28(31)23-10-6-7-11-24(23)30(27(28)34)17-25(32)29-15-14-21-8-4-3-5-9-21/h3-13,16H,14-15,17-18H2,1-2H3,(H,29,32)/t28-/m1/s1. The van der Waals surface area contributed by atoms with Crippen LogP contribution in [0, 0.1) is 13.8 Å². The van der Waals surface area contributed by atoms with Gasteiger partial charge in [-0.3, -0.25) is 24.2 Å². The summed E-state index contributed by atoms with van der Waals surface area (Å²) in [5, 5.41) is 2.93. The van der Waals surface area contributed by atoms with Gasteiger partial charge in [0.1, 0.15) is 6.54 Å². The number of benzene rings is 3. The summed E-state index contributed by atoms with van der Waals surface area (Å²) >= 11 is 1.32. The normalized spacial score (nSPS) is 18.9. The van der Waals surface area contributed by atoms with Crippen molar-refractivity contribution in [1.82, 2.24) is 5.32 Å². The van der Waals surface area contributed by atoms with Gasteiger partial charge in [-0.05, 0) is 55.2 Å². The number of nitrogens with one attached hydrogen (secondary N) is 1. The van der Waals surface area contributed by atoms with Crippen LogP contribution in [0.3, 0.4) is 0 Å². The maximum absolute atomic E-state index is 14.0. The van der Waals surface area contributed by atoms with E-state index in [1.54, 1.807) is 4.90 Å². The molecule has 0 saturated carbocycles. The van der Waals surface area contributed by atoms with E-state index < -0.39 is 4.87 Å². The van der Waals surface area contributed by atoms with E-state index in [-0.39, 0.29) is 30.0 Å². The first-order valence-electron chi connectivity index (χ1n) is 11.7. The zero-order valence-corrected chi connectivity index (χ0v) is 20.6. The molecule has 0 bridgehead atoms. The van der Waals surface area contributed by atoms with Gasteiger partial charge in [-0.1, -0.05) is 54.6 Å². The molecule has 3 amide bonds. The number of amides is 3. The second-order valence-corrected chi connectivity index (χ2v) is 10.1. The van der Waals surface area contributed by atoms with Crippen LogP contribution in [0.1, 0.15) is 22.3 Å². The molecule has 3 aromatic rings. The molecule has 2 aliphatic rings. The topological polar surface area (TPSA) is 69.7 Å². The van der Waals surface area contributed by atoms with Crippen molar-refractivity contribution in [3.63, 3.8) is 0 Å². The molecule has 35 heavy (non-hydrogen) atoms. The minimum atomic E-state index is -1.21. The molecule has 2 aliphatic heterocycles. The van der Waals surface area contributed by atoms with Gasteiger partial charge in [-0.2, -0.15) is 0 Å². The highest BCUT2D eigenvalue weighted by molar-refractivity contribution is 8.02. The number of nitrogens with zero attached hydrogens (tertiary/aromatic N) is 2. The summed E-state index contributed by atoms with van der Waals surface area (Å²) in [7, 11) is 0. The summed E-state index contributed by atoms with van der Waals surface area (Å²) in [5.41, 5.74) is 5.42. The van der Waals surface area contributed by atoms with Gasteiger partial charge in [-0.25, -0.2) is 0 Å². The minimum absolute atomic E-state index is 0.0953. The van der Waals surface area contributed by atoms with Crippen LogP contribution in [-0.4, -0.2) is 36.6 Å². The molecule has 1 fully saturated rings. The summed E-state index contributed by atoms with van der Waals surface area (Å²) in [6, 6.07) is 23.2. The van der Waals surface area contributed by atoms with Crippen LogP contribution in [0.25, 0.3) is 0 Å². The first-order valence-corrected chi connectivity index (χ1v) is 12.7. The van der Waals surface area contributed by atoms with Crippen LogP contribution in [0.5, 0.6) is 0 Å². The van der Waals surface area contributed by atoms with Crippen molar-refractivity contribution in [3.8, 4) is 0 Å². The fourth-order valence-corrected chi connectivity index (χ4v) is 6.13. The summed E-state index contributed by atoms with van der Waals surface area (Å²) < 4.78 is 0. The molecular weight excluding hydrogens is 458 g/mol. The van der Waals surface area contributed by atoms with Crippen molar-refractivity contribution in [2.24, 2.45) is 0 Å². The average Bonchev–Trinajstić information content (AvgIpc) is 3.32. The second-order valence-electron chi connectivity index (χ2n) is 8.92. The third kappa shape index (κ3) is 4.00. The van der Waals surface area contributed by atoms with Crippen LogP contribution in [0.15, 0.2) is 72.8 Å². The molecule has 0 aromatic heterocycles. The lowest BCUT2D eigenvalue weighted by atomic mass is 10.0. The Labute approximate surface area is 209 Å². The third-order valence-electron chi connectivity index (χ3n) is 6.69. The van der Waals surface area contributed by atoms with Gasteiger partial charge in [0.25, 0.3) is 5.91 Å². The molecule has 1 atom stereocenters. The number of carbonyl (C=O) groups is 3. The van der Waals surface area contributed by atoms with E-state index in [1.807, 2.05) is 86.6 Å². The second kappa shape index (κ2) is 9.23. The van der Waals surface area contributed by atoms with Crippen LogP contribution >= 0.6 is 11.8 Å². The highest BCUT2D eigenvalue weighted by atomic mass is 32.2. The molecule has 0 radical (unpaired) electrons. The van der Waals surface area contributed by atoms with Crippen LogP contribution in [0.4, 0.5) is 11.4 Å². The van der Waals surface area contributed by atoms with Crippen molar-refractivity contribution >= 4 is 40.9 Å². The molecule has 2 heterocycles. The minimum Gasteiger partial charge on any atom is -0.354 e. The van der Waals surface area contributed by atoms with Crippen LogP contribution < -0.4 is 15.1 Å². The molecule has 0 aliphatic carbocycles. The highest BCUT2D eigenvalue weighted by Crippen LogP contribution is 2.55. The van der Waals surface area contributed by atoms with E-state index in [9.17, 15) is 14.4 Å². The number of rotatable bonds is 6. The van der Waals surface area contributed by atoms with Gasteiger partial charge < -0.3 is 5.32 Å². The Morgan fingerprint density at radius 3 is 2.49 bits per heavy atom. The number of para-hydroxylation sites is 1. The maximum atomic E-state index is 14.0. The van der Waals surface area contributed by atoms with E-state index in [0.717, 1.165) is 22.3 Å². The molecule has 7 heteroatoms. The van der Waals surface area contributed by atoms with Crippen LogP contribution in [0.2, 0.25) is 0 Å². The first kappa shape index (κ1) is 23.2. The predicted molar refractivity (Wildman–Crippen MR) is 139 cm³/mol. The SMILES string of the molecule is Cc1ccc(N2C(=O)CS[C@]23C(=O)N(CC(=O)NCCc2ccccc2)c2ccccc23)cc1C. The molecule has 5 rings (SSSR count). The average molecular weight is 486 g/mol. The molecule has 1 saturated heterocycles. The Morgan fingerprint density at radius 1 is 0.971 bits per heavy atom. The molecule has 6 nitrogen and oxygen atoms in total. The van der Waals surface area contributed by atoms with Gasteiger partial charge in [0.15, 0.2) is 0 Å². The van der Waals surface area contributed by atoms with E-state index in [0.29, 0.717) is 24.3 Å². The van der Waals surface area contributed by atoms with E-state index in [1.165, 1.54) is 16.7 Å². The number of anilines is 2. The van der Waals surface area contributed by atoms with Crippen molar-refractivity contribution in [3.05, 3.63) is 95.1 Å². The van der Waals surface area contributed by atoms with Crippen LogP contribution in [-0.2, 0) is 25.7 Å². The van der Waals surface area contributed by atoms with Gasteiger partial charge in [0.05, 0.1) is 11.4 Å². The molecule has 3 aromatic carbocycles. The van der Waals surface area contributed by atoms with Crippen molar-refractivity contribution in [2.45, 2.75) is 25.1 Å². The number of hydrogen-bond acceptors (Lipinski definition) is 4.